The first kappa shape index (κ1) is 42.6. The van der Waals surface area contributed by atoms with Gasteiger partial charge < -0.3 is 14.9 Å². The van der Waals surface area contributed by atoms with Crippen LogP contribution >= 0.6 is 0 Å². The molecule has 0 aromatic heterocycles. The van der Waals surface area contributed by atoms with Crippen LogP contribution in [0.25, 0.3) is 0 Å². The van der Waals surface area contributed by atoms with Crippen LogP contribution in [0, 0.1) is 0 Å². The molecular formula is C43H80O3. The van der Waals surface area contributed by atoms with Crippen LogP contribution < -0.4 is 4.74 Å². The lowest BCUT2D eigenvalue weighted by molar-refractivity contribution is 0.278. The quantitative estimate of drug-likeness (QED) is 0.0580. The van der Waals surface area contributed by atoms with Crippen molar-refractivity contribution < 1.29 is 14.9 Å². The second kappa shape index (κ2) is 30.9. The number of ether oxygens (including phenoxy) is 1. The van der Waals surface area contributed by atoms with E-state index >= 15 is 0 Å². The molecule has 3 heteroatoms. The molecule has 0 amide bonds. The van der Waals surface area contributed by atoms with Gasteiger partial charge in [-0.1, -0.05) is 188 Å². The van der Waals surface area contributed by atoms with E-state index in [1.807, 2.05) is 0 Å². The highest BCUT2D eigenvalue weighted by Crippen LogP contribution is 2.46. The van der Waals surface area contributed by atoms with Crippen LogP contribution in [0.3, 0.4) is 0 Å². The monoisotopic (exact) mass is 645 g/mol. The van der Waals surface area contributed by atoms with Crippen molar-refractivity contribution in [2.75, 3.05) is 6.61 Å². The number of hydrogen-bond donors (Lipinski definition) is 2. The lowest BCUT2D eigenvalue weighted by atomic mass is 9.88. The molecular weight excluding hydrogens is 564 g/mol. The first-order valence-corrected chi connectivity index (χ1v) is 20.8. The van der Waals surface area contributed by atoms with E-state index in [2.05, 4.69) is 27.7 Å². The predicted octanol–water partition coefficient (Wildman–Crippen LogP) is 14.5. The molecule has 46 heavy (non-hydrogen) atoms. The van der Waals surface area contributed by atoms with Gasteiger partial charge in [0.1, 0.15) is 0 Å². The molecule has 0 aliphatic rings. The number of hydrogen-bond acceptors (Lipinski definition) is 3. The zero-order valence-corrected chi connectivity index (χ0v) is 31.6. The summed E-state index contributed by atoms with van der Waals surface area (Å²) in [6.45, 7) is 9.73. The fourth-order valence-corrected chi connectivity index (χ4v) is 7.03. The first-order chi connectivity index (χ1) is 22.6. The normalized spacial score (nSPS) is 11.5. The molecule has 270 valence electrons. The second-order valence-electron chi connectivity index (χ2n) is 14.4. The Hall–Kier alpha value is -1.38. The topological polar surface area (TPSA) is 49.7 Å². The molecule has 0 fully saturated rings. The number of phenols is 2. The van der Waals surface area contributed by atoms with E-state index in [0.717, 1.165) is 50.5 Å². The molecule has 0 saturated heterocycles. The molecule has 2 N–H and O–H groups in total. The fraction of sp³-hybridized carbons (Fsp3) is 0.860. The molecule has 0 heterocycles. The molecule has 3 nitrogen and oxygen atoms in total. The molecule has 1 rings (SSSR count). The van der Waals surface area contributed by atoms with Crippen molar-refractivity contribution in [2.24, 2.45) is 0 Å². The number of benzene rings is 1. The lowest BCUT2D eigenvalue weighted by Crippen LogP contribution is -2.08. The number of phenolic OH excluding ortho intramolecular Hbond substituents is 2. The molecule has 0 radical (unpaired) electrons. The summed E-state index contributed by atoms with van der Waals surface area (Å²) in [4.78, 5) is 0. The van der Waals surface area contributed by atoms with Crippen LogP contribution in [-0.4, -0.2) is 16.8 Å². The minimum Gasteiger partial charge on any atom is -0.504 e. The van der Waals surface area contributed by atoms with Crippen LogP contribution in [0.4, 0.5) is 0 Å². The van der Waals surface area contributed by atoms with Crippen LogP contribution in [0.1, 0.15) is 231 Å². The summed E-state index contributed by atoms with van der Waals surface area (Å²) >= 11 is 0. The summed E-state index contributed by atoms with van der Waals surface area (Å²) in [5.74, 6) is 0.727. The van der Waals surface area contributed by atoms with Crippen molar-refractivity contribution in [1.29, 1.82) is 0 Å². The van der Waals surface area contributed by atoms with Gasteiger partial charge in [-0.05, 0) is 50.5 Å². The number of aromatic hydroxyl groups is 2. The number of unbranched alkanes of at least 4 members (excludes halogenated alkanes) is 25. The molecule has 0 atom stereocenters. The van der Waals surface area contributed by atoms with E-state index in [9.17, 15) is 10.2 Å². The SMILES string of the molecule is CCCCCCCCCCOc1c(O)c(O)c(CCCCCCCCC)c(CCCCCCCCC)c1CCCCCCCCC. The Morgan fingerprint density at radius 1 is 0.326 bits per heavy atom. The first-order valence-electron chi connectivity index (χ1n) is 20.8. The number of rotatable bonds is 34. The van der Waals surface area contributed by atoms with Crippen molar-refractivity contribution in [3.8, 4) is 17.2 Å². The Kier molecular flexibility index (Phi) is 28.7. The summed E-state index contributed by atoms with van der Waals surface area (Å²) in [5, 5.41) is 22.9. The largest absolute Gasteiger partial charge is 0.504 e. The van der Waals surface area contributed by atoms with Gasteiger partial charge in [-0.3, -0.25) is 0 Å². The highest BCUT2D eigenvalue weighted by Gasteiger charge is 2.24. The van der Waals surface area contributed by atoms with Crippen LogP contribution in [0.15, 0.2) is 0 Å². The highest BCUT2D eigenvalue weighted by atomic mass is 16.5. The maximum atomic E-state index is 11.5. The highest BCUT2D eigenvalue weighted by molar-refractivity contribution is 5.62. The van der Waals surface area contributed by atoms with Crippen LogP contribution in [0.2, 0.25) is 0 Å². The predicted molar refractivity (Wildman–Crippen MR) is 203 cm³/mol. The standard InChI is InChI=1S/C43H80O3/c1-5-9-13-17-21-25-29-33-37-46-43-40(36-32-28-24-20-16-12-8-4)38(34-30-26-22-18-14-10-6-2)39(41(44)42(43)45)35-31-27-23-19-15-11-7-3/h44-45H,5-37H2,1-4H3. The van der Waals surface area contributed by atoms with Gasteiger partial charge in [0.15, 0.2) is 11.5 Å². The molecule has 0 spiro atoms. The van der Waals surface area contributed by atoms with Crippen molar-refractivity contribution in [2.45, 2.75) is 233 Å². The molecule has 1 aromatic rings. The van der Waals surface area contributed by atoms with E-state index in [0.29, 0.717) is 12.4 Å². The average Bonchev–Trinajstić information content (AvgIpc) is 3.06. The van der Waals surface area contributed by atoms with E-state index in [1.54, 1.807) is 0 Å². The van der Waals surface area contributed by atoms with E-state index < -0.39 is 0 Å². The molecule has 0 bridgehead atoms. The van der Waals surface area contributed by atoms with Gasteiger partial charge in [-0.2, -0.15) is 0 Å². The smallest absolute Gasteiger partial charge is 0.201 e. The summed E-state index contributed by atoms with van der Waals surface area (Å²) in [7, 11) is 0. The summed E-state index contributed by atoms with van der Waals surface area (Å²) in [6, 6.07) is 0. The van der Waals surface area contributed by atoms with Gasteiger partial charge in [0, 0.05) is 11.1 Å². The summed E-state index contributed by atoms with van der Waals surface area (Å²) in [5.41, 5.74) is 3.55. The summed E-state index contributed by atoms with van der Waals surface area (Å²) < 4.78 is 6.44. The van der Waals surface area contributed by atoms with Crippen molar-refractivity contribution in [1.82, 2.24) is 0 Å². The molecule has 0 aliphatic heterocycles. The Labute approximate surface area is 288 Å². The van der Waals surface area contributed by atoms with Gasteiger partial charge >= 0.3 is 0 Å². The molecule has 0 unspecified atom stereocenters. The minimum atomic E-state index is 0.0128. The van der Waals surface area contributed by atoms with E-state index in [1.165, 1.54) is 172 Å². The van der Waals surface area contributed by atoms with Gasteiger partial charge in [-0.25, -0.2) is 0 Å². The van der Waals surface area contributed by atoms with Crippen molar-refractivity contribution in [3.63, 3.8) is 0 Å². The van der Waals surface area contributed by atoms with E-state index in [4.69, 9.17) is 4.74 Å². The average molecular weight is 645 g/mol. The Morgan fingerprint density at radius 2 is 0.630 bits per heavy atom. The van der Waals surface area contributed by atoms with Gasteiger partial charge in [-0.15, -0.1) is 0 Å². The Morgan fingerprint density at radius 3 is 1.02 bits per heavy atom. The second-order valence-corrected chi connectivity index (χ2v) is 14.4. The molecule has 0 aliphatic carbocycles. The van der Waals surface area contributed by atoms with Gasteiger partial charge in [0.05, 0.1) is 6.61 Å². The van der Waals surface area contributed by atoms with Gasteiger partial charge in [0.2, 0.25) is 5.75 Å². The minimum absolute atomic E-state index is 0.0128. The maximum Gasteiger partial charge on any atom is 0.201 e. The Bertz CT molecular complexity index is 817. The fourth-order valence-electron chi connectivity index (χ4n) is 7.03. The Balaban J connectivity index is 3.06. The van der Waals surface area contributed by atoms with E-state index in [-0.39, 0.29) is 11.5 Å². The van der Waals surface area contributed by atoms with Crippen molar-refractivity contribution >= 4 is 0 Å². The molecule has 0 saturated carbocycles. The van der Waals surface area contributed by atoms with Crippen LogP contribution in [0.5, 0.6) is 17.2 Å². The third-order valence-corrected chi connectivity index (χ3v) is 10.1. The van der Waals surface area contributed by atoms with Gasteiger partial charge in [0.25, 0.3) is 0 Å². The third-order valence-electron chi connectivity index (χ3n) is 10.1. The third kappa shape index (κ3) is 20.1. The van der Waals surface area contributed by atoms with Crippen LogP contribution in [-0.2, 0) is 19.3 Å². The molecule has 1 aromatic carbocycles. The van der Waals surface area contributed by atoms with Crippen molar-refractivity contribution in [3.05, 3.63) is 16.7 Å². The lowest BCUT2D eigenvalue weighted by Gasteiger charge is -2.23. The maximum absolute atomic E-state index is 11.5. The zero-order valence-electron chi connectivity index (χ0n) is 31.6. The summed E-state index contributed by atoms with van der Waals surface area (Å²) in [6.07, 6.45) is 39.7. The zero-order chi connectivity index (χ0) is 33.5.